The number of morpholine rings is 1. The maximum Gasteiger partial charge on any atom is 0.329 e. The fraction of sp³-hybridized carbons (Fsp3) is 0.467. The summed E-state index contributed by atoms with van der Waals surface area (Å²) in [6, 6.07) is 9.30. The van der Waals surface area contributed by atoms with E-state index in [1.165, 1.54) is 11.8 Å². The van der Waals surface area contributed by atoms with E-state index < -0.39 is 18.4 Å². The Balaban J connectivity index is 2.28. The number of aliphatic carboxylic acids is 1. The molecule has 0 radical (unpaired) electrons. The maximum atomic E-state index is 12.3. The van der Waals surface area contributed by atoms with Gasteiger partial charge >= 0.3 is 5.97 Å². The Bertz CT molecular complexity index is 532. The van der Waals surface area contributed by atoms with Gasteiger partial charge in [0.25, 0.3) is 5.91 Å². The molecule has 1 heterocycles. The molecular weight excluding hydrogens is 274 g/mol. The third-order valence-electron chi connectivity index (χ3n) is 3.71. The number of carboxylic acids is 1. The second-order valence-corrected chi connectivity index (χ2v) is 5.23. The van der Waals surface area contributed by atoms with Crippen molar-refractivity contribution in [2.75, 3.05) is 13.7 Å². The third-order valence-corrected chi connectivity index (χ3v) is 3.71. The lowest BCUT2D eigenvalue weighted by Crippen LogP contribution is -2.59. The molecule has 0 bridgehead atoms. The number of amides is 1. The molecule has 2 rings (SSSR count). The van der Waals surface area contributed by atoms with Gasteiger partial charge in [-0.2, -0.15) is 0 Å². The molecule has 0 spiro atoms. The average molecular weight is 293 g/mol. The van der Waals surface area contributed by atoms with Gasteiger partial charge in [0.2, 0.25) is 5.79 Å². The molecule has 0 saturated carbocycles. The Labute approximate surface area is 123 Å². The number of carbonyl (C=O) groups excluding carboxylic acids is 1. The summed E-state index contributed by atoms with van der Waals surface area (Å²) in [6.45, 7) is 2.74. The minimum absolute atomic E-state index is 0.179. The Morgan fingerprint density at radius 3 is 2.62 bits per heavy atom. The van der Waals surface area contributed by atoms with Gasteiger partial charge in [0.15, 0.2) is 0 Å². The number of likely N-dealkylation sites (N-methyl/N-ethyl adjacent to an activating group) is 1. The number of benzene rings is 1. The molecule has 1 fully saturated rings. The van der Waals surface area contributed by atoms with Gasteiger partial charge < -0.3 is 19.5 Å². The molecule has 1 aliphatic rings. The largest absolute Gasteiger partial charge is 0.480 e. The Morgan fingerprint density at radius 1 is 1.43 bits per heavy atom. The fourth-order valence-electron chi connectivity index (χ4n) is 2.38. The van der Waals surface area contributed by atoms with E-state index in [-0.39, 0.29) is 18.1 Å². The zero-order valence-corrected chi connectivity index (χ0v) is 12.3. The zero-order valence-electron chi connectivity index (χ0n) is 12.3. The molecule has 1 amide bonds. The molecule has 0 aliphatic carbocycles. The zero-order chi connectivity index (χ0) is 15.6. The highest BCUT2D eigenvalue weighted by Gasteiger charge is 2.48. The normalized spacial score (nSPS) is 29.5. The van der Waals surface area contributed by atoms with Crippen molar-refractivity contribution in [3.63, 3.8) is 0 Å². The Kier molecular flexibility index (Phi) is 4.29. The first-order valence-corrected chi connectivity index (χ1v) is 6.71. The van der Waals surface area contributed by atoms with Crippen molar-refractivity contribution < 1.29 is 24.2 Å². The van der Waals surface area contributed by atoms with E-state index in [0.717, 1.165) is 5.56 Å². The Hall–Kier alpha value is -1.92. The van der Waals surface area contributed by atoms with Crippen molar-refractivity contribution in [2.24, 2.45) is 0 Å². The standard InChI is InChI=1S/C15H19NO5/c1-10-13(11-7-5-4-6-8-11)21-15(2,14(19)16(10)3)20-9-12(17)18/h4-8,10,13H,9H2,1-3H3,(H,17,18)/t10-,13-,15+/m0/s1. The van der Waals surface area contributed by atoms with Crippen LogP contribution in [0.4, 0.5) is 0 Å². The molecule has 1 N–H and O–H groups in total. The van der Waals surface area contributed by atoms with Crippen LogP contribution in [0.15, 0.2) is 30.3 Å². The van der Waals surface area contributed by atoms with E-state index in [9.17, 15) is 9.59 Å². The minimum Gasteiger partial charge on any atom is -0.480 e. The van der Waals surface area contributed by atoms with E-state index in [1.807, 2.05) is 37.3 Å². The van der Waals surface area contributed by atoms with Gasteiger partial charge in [0, 0.05) is 7.05 Å². The number of hydrogen-bond donors (Lipinski definition) is 1. The van der Waals surface area contributed by atoms with Crippen LogP contribution in [0.2, 0.25) is 0 Å². The molecule has 1 saturated heterocycles. The Morgan fingerprint density at radius 2 is 2.05 bits per heavy atom. The van der Waals surface area contributed by atoms with Crippen molar-refractivity contribution in [3.05, 3.63) is 35.9 Å². The lowest BCUT2D eigenvalue weighted by Gasteiger charge is -2.45. The summed E-state index contributed by atoms with van der Waals surface area (Å²) in [4.78, 5) is 24.5. The van der Waals surface area contributed by atoms with Gasteiger partial charge in [-0.15, -0.1) is 0 Å². The lowest BCUT2D eigenvalue weighted by molar-refractivity contribution is -0.274. The van der Waals surface area contributed by atoms with Crippen molar-refractivity contribution in [3.8, 4) is 0 Å². The maximum absolute atomic E-state index is 12.3. The van der Waals surface area contributed by atoms with Crippen LogP contribution in [0.1, 0.15) is 25.5 Å². The van der Waals surface area contributed by atoms with Crippen LogP contribution in [0.3, 0.4) is 0 Å². The summed E-state index contributed by atoms with van der Waals surface area (Å²) in [6.07, 6.45) is -0.382. The van der Waals surface area contributed by atoms with Gasteiger partial charge in [0.05, 0.1) is 6.04 Å². The highest BCUT2D eigenvalue weighted by atomic mass is 16.7. The van der Waals surface area contributed by atoms with E-state index in [0.29, 0.717) is 0 Å². The van der Waals surface area contributed by atoms with Crippen LogP contribution in [0, 0.1) is 0 Å². The molecule has 21 heavy (non-hydrogen) atoms. The van der Waals surface area contributed by atoms with Crippen LogP contribution >= 0.6 is 0 Å². The molecule has 6 nitrogen and oxygen atoms in total. The molecule has 1 aromatic rings. The van der Waals surface area contributed by atoms with Gasteiger partial charge in [-0.3, -0.25) is 4.79 Å². The van der Waals surface area contributed by atoms with E-state index in [1.54, 1.807) is 7.05 Å². The fourth-order valence-corrected chi connectivity index (χ4v) is 2.38. The first kappa shape index (κ1) is 15.5. The SMILES string of the molecule is C[C@H]1[C@@H](c2ccccc2)O[C@@](C)(OCC(=O)O)C(=O)N1C. The second kappa shape index (κ2) is 5.83. The van der Waals surface area contributed by atoms with E-state index in [4.69, 9.17) is 14.6 Å². The summed E-state index contributed by atoms with van der Waals surface area (Å²) >= 11 is 0. The van der Waals surface area contributed by atoms with Crippen LogP contribution in [-0.4, -0.2) is 47.4 Å². The molecule has 114 valence electrons. The van der Waals surface area contributed by atoms with Gasteiger partial charge in [0.1, 0.15) is 12.7 Å². The second-order valence-electron chi connectivity index (χ2n) is 5.23. The van der Waals surface area contributed by atoms with Gasteiger partial charge in [-0.25, -0.2) is 4.79 Å². The number of carbonyl (C=O) groups is 2. The first-order chi connectivity index (χ1) is 9.85. The predicted octanol–water partition coefficient (Wildman–Crippen LogP) is 1.42. The molecule has 1 aliphatic heterocycles. The first-order valence-electron chi connectivity index (χ1n) is 6.71. The van der Waals surface area contributed by atoms with Crippen LogP contribution in [0.5, 0.6) is 0 Å². The van der Waals surface area contributed by atoms with Crippen molar-refractivity contribution >= 4 is 11.9 Å². The average Bonchev–Trinajstić information content (AvgIpc) is 2.48. The highest BCUT2D eigenvalue weighted by Crippen LogP contribution is 2.36. The van der Waals surface area contributed by atoms with Crippen molar-refractivity contribution in [2.45, 2.75) is 31.8 Å². The van der Waals surface area contributed by atoms with Gasteiger partial charge in [-0.1, -0.05) is 30.3 Å². The quantitative estimate of drug-likeness (QED) is 0.908. The topological polar surface area (TPSA) is 76.1 Å². The minimum atomic E-state index is -1.60. The molecule has 0 aromatic heterocycles. The van der Waals surface area contributed by atoms with Crippen LogP contribution < -0.4 is 0 Å². The van der Waals surface area contributed by atoms with E-state index in [2.05, 4.69) is 0 Å². The van der Waals surface area contributed by atoms with Gasteiger partial charge in [-0.05, 0) is 19.4 Å². The van der Waals surface area contributed by atoms with Crippen LogP contribution in [-0.2, 0) is 19.1 Å². The monoisotopic (exact) mass is 293 g/mol. The molecule has 0 unspecified atom stereocenters. The smallest absolute Gasteiger partial charge is 0.329 e. The molecular formula is C15H19NO5. The highest BCUT2D eigenvalue weighted by molar-refractivity contribution is 5.84. The number of hydrogen-bond acceptors (Lipinski definition) is 4. The number of ether oxygens (including phenoxy) is 2. The predicted molar refractivity (Wildman–Crippen MR) is 74.5 cm³/mol. The van der Waals surface area contributed by atoms with Crippen molar-refractivity contribution in [1.29, 1.82) is 0 Å². The van der Waals surface area contributed by atoms with E-state index >= 15 is 0 Å². The number of nitrogens with zero attached hydrogens (tertiary/aromatic N) is 1. The summed E-state index contributed by atoms with van der Waals surface area (Å²) in [7, 11) is 1.66. The van der Waals surface area contributed by atoms with Crippen LogP contribution in [0.25, 0.3) is 0 Å². The lowest BCUT2D eigenvalue weighted by atomic mass is 9.98. The summed E-state index contributed by atoms with van der Waals surface area (Å²) < 4.78 is 11.0. The molecule has 6 heteroatoms. The summed E-state index contributed by atoms with van der Waals surface area (Å²) in [5.74, 6) is -3.13. The third kappa shape index (κ3) is 3.06. The molecule has 3 atom stereocenters. The van der Waals surface area contributed by atoms with Crippen molar-refractivity contribution in [1.82, 2.24) is 4.90 Å². The summed E-state index contributed by atoms with van der Waals surface area (Å²) in [5, 5.41) is 8.74. The number of rotatable bonds is 4. The summed E-state index contributed by atoms with van der Waals surface area (Å²) in [5.41, 5.74) is 0.912. The number of carboxylic acid groups (broad SMARTS) is 1. The molecule has 1 aromatic carbocycles.